The van der Waals surface area contributed by atoms with Crippen molar-refractivity contribution in [1.82, 2.24) is 9.97 Å². The predicted molar refractivity (Wildman–Crippen MR) is 171 cm³/mol. The number of nitrogens with two attached hydrogens (primary N) is 1. The van der Waals surface area contributed by atoms with Crippen LogP contribution in [0, 0.1) is 6.92 Å². The molecule has 11 nitrogen and oxygen atoms in total. The van der Waals surface area contributed by atoms with Crippen LogP contribution in [0.25, 0.3) is 21.8 Å². The molecule has 0 aliphatic carbocycles. The summed E-state index contributed by atoms with van der Waals surface area (Å²) in [7, 11) is -11.0. The third kappa shape index (κ3) is 9.59. The van der Waals surface area contributed by atoms with E-state index in [-0.39, 0.29) is 32.8 Å². The molecule has 4 rings (SSSR count). The Hall–Kier alpha value is -3.31. The van der Waals surface area contributed by atoms with Gasteiger partial charge in [-0.1, -0.05) is 12.1 Å². The molecule has 2 aromatic carbocycles. The average Bonchev–Trinajstić information content (AvgIpc) is 2.98. The van der Waals surface area contributed by atoms with Crippen LogP contribution in [0.3, 0.4) is 0 Å². The first-order valence-electron chi connectivity index (χ1n) is 14.3. The molecule has 5 N–H and O–H groups in total. The molecule has 0 atom stereocenters. The normalized spacial score (nSPS) is 12.6. The predicted octanol–water partition coefficient (Wildman–Crippen LogP) is 5.50. The molecular formula is C30H37F2N3O8P2. The number of carboxylic acid groups (broad SMARTS) is 1. The van der Waals surface area contributed by atoms with E-state index in [0.29, 0.717) is 29.0 Å². The Morgan fingerprint density at radius 1 is 0.933 bits per heavy atom. The molecule has 0 radical (unpaired) electrons. The van der Waals surface area contributed by atoms with Gasteiger partial charge in [-0.2, -0.15) is 0 Å². The Labute approximate surface area is 259 Å². The Morgan fingerprint density at radius 3 is 2.38 bits per heavy atom. The van der Waals surface area contributed by atoms with Gasteiger partial charge in [0.15, 0.2) is 5.82 Å². The van der Waals surface area contributed by atoms with Crippen molar-refractivity contribution in [3.05, 3.63) is 70.9 Å². The van der Waals surface area contributed by atoms with E-state index in [9.17, 15) is 17.8 Å². The zero-order valence-corrected chi connectivity index (χ0v) is 26.6. The summed E-state index contributed by atoms with van der Waals surface area (Å²) in [6.45, 7) is 2.27. The van der Waals surface area contributed by atoms with Crippen LogP contribution in [0.2, 0.25) is 0 Å². The molecule has 0 unspecified atom stereocenters. The van der Waals surface area contributed by atoms with E-state index >= 15 is 0 Å². The van der Waals surface area contributed by atoms with Gasteiger partial charge in [-0.3, -0.25) is 9.78 Å². The summed E-state index contributed by atoms with van der Waals surface area (Å²) in [5.74, 6) is 0.163. The summed E-state index contributed by atoms with van der Waals surface area (Å²) in [5, 5.41) is 10.8. The van der Waals surface area contributed by atoms with Gasteiger partial charge in [-0.25, -0.2) is 4.98 Å². The van der Waals surface area contributed by atoms with E-state index in [4.69, 9.17) is 34.8 Å². The van der Waals surface area contributed by atoms with Gasteiger partial charge in [-0.15, -0.1) is 0 Å². The summed E-state index contributed by atoms with van der Waals surface area (Å²) in [6.07, 6.45) is 2.87. The summed E-state index contributed by atoms with van der Waals surface area (Å²) in [4.78, 5) is 37.3. The minimum atomic E-state index is -5.62. The van der Waals surface area contributed by atoms with Gasteiger partial charge >= 0.3 is 126 Å². The number of rotatable bonds is 17. The number of anilines is 1. The van der Waals surface area contributed by atoms with Crippen LogP contribution in [0.5, 0.6) is 5.75 Å². The number of ether oxygens (including phenoxy) is 3. The topological polar surface area (TPSA) is 174 Å². The van der Waals surface area contributed by atoms with Crippen LogP contribution < -0.4 is 10.5 Å². The SMILES string of the molecule is Cc1cc(OCCOCCOCC[PH](F)(F)P(=O)(O)O)ccc1CCc1cnc2c(N)nc3cc(CCC(=O)O)ccc3c2c1. The number of fused-ring (bicyclic) bond motifs is 3. The van der Waals surface area contributed by atoms with Crippen molar-refractivity contribution in [2.24, 2.45) is 0 Å². The van der Waals surface area contributed by atoms with E-state index < -0.39 is 33.6 Å². The van der Waals surface area contributed by atoms with Crippen molar-refractivity contribution in [2.45, 2.75) is 32.6 Å². The number of aromatic nitrogens is 2. The van der Waals surface area contributed by atoms with E-state index in [0.717, 1.165) is 45.9 Å². The minimum Gasteiger partial charge on any atom is -0.481 e. The first-order valence-corrected chi connectivity index (χ1v) is 18.8. The number of hydrogen-bond acceptors (Lipinski definition) is 8. The fourth-order valence-corrected chi connectivity index (χ4v) is 6.57. The molecule has 244 valence electrons. The second-order valence-corrected chi connectivity index (χ2v) is 17.2. The zero-order valence-electron chi connectivity index (χ0n) is 24.7. The Morgan fingerprint density at radius 2 is 1.67 bits per heavy atom. The molecular weight excluding hydrogens is 630 g/mol. The van der Waals surface area contributed by atoms with Crippen LogP contribution >= 0.6 is 14.9 Å². The molecule has 0 amide bonds. The molecule has 0 aliphatic heterocycles. The molecule has 2 heterocycles. The summed E-state index contributed by atoms with van der Waals surface area (Å²) in [5.41, 5.74) is 11.7. The Balaban J connectivity index is 1.25. The van der Waals surface area contributed by atoms with Crippen LogP contribution in [0.4, 0.5) is 14.2 Å². The van der Waals surface area contributed by atoms with Gasteiger partial charge in [-0.05, 0) is 55.0 Å². The molecule has 0 spiro atoms. The molecule has 45 heavy (non-hydrogen) atoms. The van der Waals surface area contributed by atoms with Crippen LogP contribution in [-0.2, 0) is 38.1 Å². The molecule has 0 saturated carbocycles. The summed E-state index contributed by atoms with van der Waals surface area (Å²) in [6, 6.07) is 13.7. The minimum absolute atomic E-state index is 0.0300. The van der Waals surface area contributed by atoms with E-state index in [1.165, 1.54) is 0 Å². The van der Waals surface area contributed by atoms with Gasteiger partial charge in [0.25, 0.3) is 0 Å². The summed E-state index contributed by atoms with van der Waals surface area (Å²) >= 11 is 0. The van der Waals surface area contributed by atoms with Crippen molar-refractivity contribution in [2.75, 3.05) is 44.9 Å². The molecule has 0 bridgehead atoms. The van der Waals surface area contributed by atoms with Gasteiger partial charge < -0.3 is 10.8 Å². The molecule has 0 fully saturated rings. The van der Waals surface area contributed by atoms with Gasteiger partial charge in [0, 0.05) is 23.4 Å². The number of aryl methyl sites for hydroxylation is 4. The van der Waals surface area contributed by atoms with Crippen molar-refractivity contribution in [3.63, 3.8) is 0 Å². The smallest absolute Gasteiger partial charge is 0.481 e. The van der Waals surface area contributed by atoms with Crippen molar-refractivity contribution in [1.29, 1.82) is 0 Å². The monoisotopic (exact) mass is 667 g/mol. The number of aliphatic carboxylic acids is 1. The number of hydrogen-bond donors (Lipinski definition) is 4. The number of carboxylic acids is 1. The molecule has 0 saturated heterocycles. The number of carbonyl (C=O) groups is 1. The van der Waals surface area contributed by atoms with Crippen molar-refractivity contribution in [3.8, 4) is 5.75 Å². The number of benzene rings is 2. The maximum atomic E-state index is 13.3. The van der Waals surface area contributed by atoms with E-state index in [1.54, 1.807) is 0 Å². The third-order valence-corrected chi connectivity index (χ3v) is 12.1. The standard InChI is InChI=1S/C30H37F2N3O8P2/c1-20-16-24(43-13-12-41-10-11-42-14-15-44(31,32)45(38,39)40)7-6-23(20)5-2-22-17-26-25-8-3-21(4-9-28(36)37)18-27(25)35-30(33)29(26)34-19-22/h3,6-8,16-19,44H,2,4-5,9-15H2,1H3,(H2,33,35)(H,36,37)(H2,38,39,40). The zero-order chi connectivity index (χ0) is 32.6. The fourth-order valence-electron chi connectivity index (χ4n) is 4.74. The first-order chi connectivity index (χ1) is 21.3. The van der Waals surface area contributed by atoms with E-state index in [2.05, 4.69) is 16.0 Å². The average molecular weight is 668 g/mol. The Kier molecular flexibility index (Phi) is 11.8. The quantitative estimate of drug-likeness (QED) is 0.0636. The number of nitrogen functional groups attached to an aromatic ring is 1. The number of halogens is 2. The number of nitrogens with zero attached hydrogens (tertiary/aromatic N) is 2. The third-order valence-electron chi connectivity index (χ3n) is 7.25. The van der Waals surface area contributed by atoms with E-state index in [1.807, 2.05) is 49.5 Å². The molecule has 15 heteroatoms. The second kappa shape index (κ2) is 15.3. The first kappa shape index (κ1) is 34.6. The Bertz CT molecular complexity index is 1700. The van der Waals surface area contributed by atoms with Crippen LogP contribution in [-0.4, -0.2) is 70.0 Å². The van der Waals surface area contributed by atoms with Crippen LogP contribution in [0.15, 0.2) is 48.7 Å². The second-order valence-electron chi connectivity index (χ2n) is 10.6. The molecule has 2 aromatic heterocycles. The fraction of sp³-hybridized carbons (Fsp3) is 0.367. The molecule has 4 aromatic rings. The van der Waals surface area contributed by atoms with Crippen molar-refractivity contribution < 1.29 is 46.9 Å². The van der Waals surface area contributed by atoms with Gasteiger partial charge in [0.2, 0.25) is 0 Å². The number of pyridine rings is 2. The van der Waals surface area contributed by atoms with Crippen molar-refractivity contribution >= 4 is 48.4 Å². The molecule has 0 aliphatic rings. The van der Waals surface area contributed by atoms with Gasteiger partial charge in [0.1, 0.15) is 5.52 Å². The van der Waals surface area contributed by atoms with Crippen LogP contribution in [0.1, 0.15) is 28.7 Å². The maximum absolute atomic E-state index is 13.3. The van der Waals surface area contributed by atoms with Gasteiger partial charge in [0.05, 0.1) is 5.52 Å². The summed E-state index contributed by atoms with van der Waals surface area (Å²) < 4.78 is 53.5.